The molecule has 0 saturated carbocycles. The zero-order chi connectivity index (χ0) is 42.6. The van der Waals surface area contributed by atoms with E-state index in [1.54, 1.807) is 0 Å². The van der Waals surface area contributed by atoms with E-state index in [2.05, 4.69) is 254 Å². The van der Waals surface area contributed by atoms with Crippen LogP contribution >= 0.6 is 0 Å². The average Bonchev–Trinajstić information content (AvgIpc) is 3.91. The van der Waals surface area contributed by atoms with Gasteiger partial charge in [0.2, 0.25) is 0 Å². The lowest BCUT2D eigenvalue weighted by molar-refractivity contribution is 0.660. The second-order valence-electron chi connectivity index (χ2n) is 18.0. The lowest BCUT2D eigenvalue weighted by Gasteiger charge is -2.34. The zero-order valence-corrected chi connectivity index (χ0v) is 35.8. The molecular weight excluding hydrogens is 773 g/mol. The number of nitrogens with zero attached hydrogens (tertiary/aromatic N) is 2. The number of para-hydroxylation sites is 3. The summed E-state index contributed by atoms with van der Waals surface area (Å²) in [6, 6.07) is 85.8. The summed E-state index contributed by atoms with van der Waals surface area (Å²) in [7, 11) is 0. The van der Waals surface area contributed by atoms with Gasteiger partial charge in [-0.25, -0.2) is 0 Å². The fraction of sp³-hybridized carbons (Fsp3) is 0.0645. The van der Waals surface area contributed by atoms with Gasteiger partial charge in [-0.05, 0) is 122 Å². The second-order valence-corrected chi connectivity index (χ2v) is 18.0. The normalized spacial score (nSPS) is 15.5. The van der Waals surface area contributed by atoms with Crippen LogP contribution in [-0.2, 0) is 10.8 Å². The van der Waals surface area contributed by atoms with E-state index in [0.29, 0.717) is 0 Å². The second kappa shape index (κ2) is 13.8. The van der Waals surface area contributed by atoms with E-state index in [1.807, 2.05) is 0 Å². The van der Waals surface area contributed by atoms with E-state index in [-0.39, 0.29) is 5.41 Å². The quantitative estimate of drug-likeness (QED) is 0.165. The molecule has 0 N–H and O–H groups in total. The summed E-state index contributed by atoms with van der Waals surface area (Å²) in [6.07, 6.45) is 0. The van der Waals surface area contributed by atoms with Crippen molar-refractivity contribution in [3.05, 3.63) is 264 Å². The standard InChI is InChI=1S/C62H44N2/c1-61(2)51-32-17-15-30-49(51)58-54(61)35-20-36-57(58)64(44-26-10-5-11-27-44)60-46-28-13-12-21-41(46)39-56-59(60)50-31-16-19-34-53(50)62(56)52-33-18-14-29-47(52)48-38-37-45(40-55(48)62)63(42-22-6-3-7-23-42)43-24-8-4-9-25-43/h3-40H,1-2H3. The van der Waals surface area contributed by atoms with Crippen molar-refractivity contribution in [1.29, 1.82) is 0 Å². The average molecular weight is 817 g/mol. The fourth-order valence-corrected chi connectivity index (χ4v) is 11.8. The lowest BCUT2D eigenvalue weighted by Crippen LogP contribution is -2.26. The third-order valence-corrected chi connectivity index (χ3v) is 14.4. The van der Waals surface area contributed by atoms with E-state index in [9.17, 15) is 0 Å². The first kappa shape index (κ1) is 36.7. The molecule has 1 atom stereocenters. The van der Waals surface area contributed by atoms with Crippen LogP contribution in [0.2, 0.25) is 0 Å². The van der Waals surface area contributed by atoms with Crippen molar-refractivity contribution in [3.63, 3.8) is 0 Å². The molecule has 0 aromatic heterocycles. The Bertz CT molecular complexity index is 3440. The van der Waals surface area contributed by atoms with Crippen LogP contribution in [0.1, 0.15) is 47.2 Å². The third kappa shape index (κ3) is 4.97. The first-order chi connectivity index (χ1) is 31.5. The van der Waals surface area contributed by atoms with Crippen LogP contribution in [-0.4, -0.2) is 0 Å². The molecule has 0 fully saturated rings. The Morgan fingerprint density at radius 1 is 0.312 bits per heavy atom. The van der Waals surface area contributed by atoms with Gasteiger partial charge >= 0.3 is 0 Å². The minimum atomic E-state index is -0.596. The number of hydrogen-bond acceptors (Lipinski definition) is 2. The van der Waals surface area contributed by atoms with E-state index < -0.39 is 5.41 Å². The number of benzene rings is 10. The van der Waals surface area contributed by atoms with Crippen molar-refractivity contribution in [1.82, 2.24) is 0 Å². The Morgan fingerprint density at radius 2 is 0.812 bits per heavy atom. The van der Waals surface area contributed by atoms with Gasteiger partial charge in [0.15, 0.2) is 0 Å². The van der Waals surface area contributed by atoms with E-state index >= 15 is 0 Å². The monoisotopic (exact) mass is 816 g/mol. The maximum absolute atomic E-state index is 2.60. The molecule has 0 amide bonds. The van der Waals surface area contributed by atoms with Crippen molar-refractivity contribution in [3.8, 4) is 33.4 Å². The molecular formula is C62H44N2. The lowest BCUT2D eigenvalue weighted by atomic mass is 9.70. The molecule has 0 bridgehead atoms. The van der Waals surface area contributed by atoms with Crippen LogP contribution in [0, 0.1) is 0 Å². The maximum atomic E-state index is 2.60. The molecule has 1 unspecified atom stereocenters. The summed E-state index contributed by atoms with van der Waals surface area (Å²) in [4.78, 5) is 5.00. The van der Waals surface area contributed by atoms with Gasteiger partial charge in [0.1, 0.15) is 0 Å². The molecule has 10 aromatic carbocycles. The minimum Gasteiger partial charge on any atom is -0.310 e. The highest BCUT2D eigenvalue weighted by Gasteiger charge is 2.53. The molecule has 302 valence electrons. The number of fused-ring (bicyclic) bond motifs is 14. The van der Waals surface area contributed by atoms with Gasteiger partial charge < -0.3 is 9.80 Å². The maximum Gasteiger partial charge on any atom is 0.0727 e. The molecule has 0 saturated heterocycles. The molecule has 10 aromatic rings. The van der Waals surface area contributed by atoms with Crippen LogP contribution in [0.4, 0.5) is 34.1 Å². The minimum absolute atomic E-state index is 0.149. The molecule has 3 aliphatic carbocycles. The summed E-state index contributed by atoms with van der Waals surface area (Å²) in [6.45, 7) is 4.76. The topological polar surface area (TPSA) is 6.48 Å². The molecule has 2 nitrogen and oxygen atoms in total. The predicted octanol–water partition coefficient (Wildman–Crippen LogP) is 16.4. The molecule has 64 heavy (non-hydrogen) atoms. The van der Waals surface area contributed by atoms with Crippen molar-refractivity contribution in [2.45, 2.75) is 24.7 Å². The summed E-state index contributed by atoms with van der Waals surface area (Å²) in [5.41, 5.74) is 21.8. The van der Waals surface area contributed by atoms with Crippen molar-refractivity contribution in [2.75, 3.05) is 9.80 Å². The smallest absolute Gasteiger partial charge is 0.0727 e. The van der Waals surface area contributed by atoms with Crippen LogP contribution < -0.4 is 9.80 Å². The molecule has 13 rings (SSSR count). The fourth-order valence-electron chi connectivity index (χ4n) is 11.8. The van der Waals surface area contributed by atoms with Crippen LogP contribution in [0.3, 0.4) is 0 Å². The molecule has 2 heteroatoms. The number of hydrogen-bond donors (Lipinski definition) is 0. The first-order valence-electron chi connectivity index (χ1n) is 22.4. The highest BCUT2D eigenvalue weighted by atomic mass is 15.2. The number of anilines is 6. The van der Waals surface area contributed by atoms with Gasteiger partial charge in [0, 0.05) is 44.7 Å². The molecule has 1 spiro atoms. The number of rotatable bonds is 6. The van der Waals surface area contributed by atoms with Gasteiger partial charge in [-0.3, -0.25) is 0 Å². The summed E-state index contributed by atoms with van der Waals surface area (Å²) in [5, 5.41) is 2.44. The highest BCUT2D eigenvalue weighted by Crippen LogP contribution is 2.67. The highest BCUT2D eigenvalue weighted by molar-refractivity contribution is 6.13. The van der Waals surface area contributed by atoms with Crippen molar-refractivity contribution in [2.24, 2.45) is 0 Å². The molecule has 0 aliphatic heterocycles. The SMILES string of the molecule is CC1(C)c2ccccc2-c2c(N(c3ccccc3)c3c4c(cc5ccccc35)C3(c5ccccc5-c5ccc(N(c6ccccc6)c6ccccc6)cc53)c3ccccc3-4)cccc21. The Labute approximate surface area is 375 Å². The summed E-state index contributed by atoms with van der Waals surface area (Å²) >= 11 is 0. The van der Waals surface area contributed by atoms with Crippen molar-refractivity contribution >= 4 is 44.9 Å². The van der Waals surface area contributed by atoms with E-state index in [1.165, 1.54) is 88.9 Å². The summed E-state index contributed by atoms with van der Waals surface area (Å²) < 4.78 is 0. The largest absolute Gasteiger partial charge is 0.310 e. The first-order valence-corrected chi connectivity index (χ1v) is 22.4. The Balaban J connectivity index is 1.16. The molecule has 3 aliphatic rings. The van der Waals surface area contributed by atoms with E-state index in [0.717, 1.165) is 22.7 Å². The predicted molar refractivity (Wildman–Crippen MR) is 267 cm³/mol. The molecule has 0 heterocycles. The van der Waals surface area contributed by atoms with Crippen LogP contribution in [0.25, 0.3) is 44.2 Å². The van der Waals surface area contributed by atoms with Crippen LogP contribution in [0.15, 0.2) is 231 Å². The van der Waals surface area contributed by atoms with Gasteiger partial charge in [-0.2, -0.15) is 0 Å². The zero-order valence-electron chi connectivity index (χ0n) is 35.8. The van der Waals surface area contributed by atoms with Gasteiger partial charge in [-0.1, -0.05) is 184 Å². The Morgan fingerprint density at radius 3 is 1.48 bits per heavy atom. The van der Waals surface area contributed by atoms with Crippen molar-refractivity contribution < 1.29 is 0 Å². The van der Waals surface area contributed by atoms with E-state index in [4.69, 9.17) is 0 Å². The summed E-state index contributed by atoms with van der Waals surface area (Å²) in [5.74, 6) is 0. The third-order valence-electron chi connectivity index (χ3n) is 14.4. The molecule has 0 radical (unpaired) electrons. The van der Waals surface area contributed by atoms with Crippen LogP contribution in [0.5, 0.6) is 0 Å². The Hall–Kier alpha value is -7.94. The Kier molecular flexibility index (Phi) is 7.90. The van der Waals surface area contributed by atoms with Gasteiger partial charge in [0.25, 0.3) is 0 Å². The van der Waals surface area contributed by atoms with Gasteiger partial charge in [0.05, 0.1) is 16.8 Å². The van der Waals surface area contributed by atoms with Gasteiger partial charge in [-0.15, -0.1) is 0 Å².